The van der Waals surface area contributed by atoms with E-state index < -0.39 is 21.8 Å². The van der Waals surface area contributed by atoms with E-state index in [4.69, 9.17) is 9.47 Å². The van der Waals surface area contributed by atoms with Crippen LogP contribution in [0.15, 0.2) is 47.5 Å². The van der Waals surface area contributed by atoms with E-state index in [0.717, 1.165) is 26.4 Å². The second-order valence-corrected chi connectivity index (χ2v) is 8.15. The van der Waals surface area contributed by atoms with Crippen LogP contribution in [-0.4, -0.2) is 44.5 Å². The SMILES string of the molecule is CC(=O)NS(=O)(=O)c1ccc(NC(=O)c2ccc(OC[C@H]3CCCO3)nc2)cc1. The maximum absolute atomic E-state index is 12.3. The lowest BCUT2D eigenvalue weighted by atomic mass is 10.2. The topological polar surface area (TPSA) is 124 Å². The van der Waals surface area contributed by atoms with Crippen molar-refractivity contribution in [3.63, 3.8) is 0 Å². The van der Waals surface area contributed by atoms with Gasteiger partial charge >= 0.3 is 0 Å². The van der Waals surface area contributed by atoms with Crippen LogP contribution in [0.25, 0.3) is 0 Å². The van der Waals surface area contributed by atoms with E-state index in [1.165, 1.54) is 30.5 Å². The average molecular weight is 419 g/mol. The summed E-state index contributed by atoms with van der Waals surface area (Å²) in [6.45, 7) is 2.28. The smallest absolute Gasteiger partial charge is 0.264 e. The molecule has 1 saturated heterocycles. The zero-order chi connectivity index (χ0) is 20.9. The molecule has 3 rings (SSSR count). The lowest BCUT2D eigenvalue weighted by Crippen LogP contribution is -2.28. The summed E-state index contributed by atoms with van der Waals surface area (Å²) in [6.07, 6.45) is 3.47. The van der Waals surface area contributed by atoms with Crippen molar-refractivity contribution in [2.24, 2.45) is 0 Å². The first-order chi connectivity index (χ1) is 13.8. The highest BCUT2D eigenvalue weighted by Crippen LogP contribution is 2.17. The zero-order valence-electron chi connectivity index (χ0n) is 15.8. The fourth-order valence-electron chi connectivity index (χ4n) is 2.72. The van der Waals surface area contributed by atoms with Gasteiger partial charge in [0.1, 0.15) is 6.61 Å². The van der Waals surface area contributed by atoms with Crippen LogP contribution in [0.4, 0.5) is 5.69 Å². The summed E-state index contributed by atoms with van der Waals surface area (Å²) in [5, 5.41) is 2.65. The van der Waals surface area contributed by atoms with Crippen molar-refractivity contribution in [2.75, 3.05) is 18.5 Å². The van der Waals surface area contributed by atoms with Gasteiger partial charge in [0.05, 0.1) is 16.6 Å². The zero-order valence-corrected chi connectivity index (χ0v) is 16.6. The normalized spacial score (nSPS) is 16.2. The predicted molar refractivity (Wildman–Crippen MR) is 104 cm³/mol. The van der Waals surface area contributed by atoms with Crippen LogP contribution in [0.3, 0.4) is 0 Å². The number of hydrogen-bond donors (Lipinski definition) is 2. The van der Waals surface area contributed by atoms with E-state index in [2.05, 4.69) is 10.3 Å². The molecule has 1 aromatic carbocycles. The van der Waals surface area contributed by atoms with Crippen molar-refractivity contribution < 1.29 is 27.5 Å². The Labute approximate surface area is 168 Å². The number of ether oxygens (including phenoxy) is 2. The number of hydrogen-bond acceptors (Lipinski definition) is 7. The lowest BCUT2D eigenvalue weighted by molar-refractivity contribution is -0.117. The third-order valence-electron chi connectivity index (χ3n) is 4.14. The Hall–Kier alpha value is -2.98. The Morgan fingerprint density at radius 2 is 1.97 bits per heavy atom. The highest BCUT2D eigenvalue weighted by Gasteiger charge is 2.17. The molecule has 0 aliphatic carbocycles. The summed E-state index contributed by atoms with van der Waals surface area (Å²) in [5.74, 6) is -0.678. The van der Waals surface area contributed by atoms with Crippen molar-refractivity contribution >= 4 is 27.5 Å². The van der Waals surface area contributed by atoms with E-state index in [9.17, 15) is 18.0 Å². The number of sulfonamides is 1. The van der Waals surface area contributed by atoms with Crippen molar-refractivity contribution in [3.05, 3.63) is 48.2 Å². The summed E-state index contributed by atoms with van der Waals surface area (Å²) >= 11 is 0. The number of benzene rings is 1. The fourth-order valence-corrected chi connectivity index (χ4v) is 3.71. The minimum Gasteiger partial charge on any atom is -0.475 e. The molecule has 1 fully saturated rings. The molecule has 0 spiro atoms. The molecule has 10 heteroatoms. The monoisotopic (exact) mass is 419 g/mol. The van der Waals surface area contributed by atoms with Crippen LogP contribution in [0.1, 0.15) is 30.1 Å². The van der Waals surface area contributed by atoms with Gasteiger partial charge in [-0.3, -0.25) is 9.59 Å². The molecule has 2 heterocycles. The molecule has 1 aliphatic heterocycles. The van der Waals surface area contributed by atoms with Gasteiger partial charge in [-0.05, 0) is 43.2 Å². The number of pyridine rings is 1. The fraction of sp³-hybridized carbons (Fsp3) is 0.316. The minimum absolute atomic E-state index is 0.0807. The molecule has 1 aliphatic rings. The first kappa shape index (κ1) is 20.7. The highest BCUT2D eigenvalue weighted by atomic mass is 32.2. The summed E-state index contributed by atoms with van der Waals surface area (Å²) in [7, 11) is -3.92. The molecule has 154 valence electrons. The van der Waals surface area contributed by atoms with Gasteiger partial charge in [-0.2, -0.15) is 0 Å². The molecule has 2 aromatic rings. The quantitative estimate of drug-likeness (QED) is 0.700. The van der Waals surface area contributed by atoms with Crippen molar-refractivity contribution in [2.45, 2.75) is 30.8 Å². The average Bonchev–Trinajstić information content (AvgIpc) is 3.20. The molecule has 1 aromatic heterocycles. The van der Waals surface area contributed by atoms with Gasteiger partial charge in [0, 0.05) is 31.5 Å². The molecule has 1 atom stereocenters. The number of rotatable bonds is 7. The second kappa shape index (κ2) is 9.01. The number of nitrogens with zero attached hydrogens (tertiary/aromatic N) is 1. The third-order valence-corrected chi connectivity index (χ3v) is 5.59. The molecule has 2 N–H and O–H groups in total. The Balaban J connectivity index is 1.57. The maximum Gasteiger partial charge on any atom is 0.264 e. The Morgan fingerprint density at radius 1 is 1.21 bits per heavy atom. The third kappa shape index (κ3) is 5.75. The molecule has 29 heavy (non-hydrogen) atoms. The van der Waals surface area contributed by atoms with Gasteiger partial charge in [0.25, 0.3) is 15.9 Å². The van der Waals surface area contributed by atoms with E-state index in [0.29, 0.717) is 23.7 Å². The minimum atomic E-state index is -3.92. The number of carbonyl (C=O) groups is 2. The van der Waals surface area contributed by atoms with Gasteiger partial charge in [0.2, 0.25) is 11.8 Å². The van der Waals surface area contributed by atoms with Crippen LogP contribution in [0.2, 0.25) is 0 Å². The standard InChI is InChI=1S/C19H21N3O6S/c1-13(23)22-29(25,26)17-7-5-15(6-8-17)21-19(24)14-4-9-18(20-11-14)28-12-16-3-2-10-27-16/h4-9,11,16H,2-3,10,12H2,1H3,(H,21,24)(H,22,23)/t16-/m1/s1. The van der Waals surface area contributed by atoms with Crippen molar-refractivity contribution in [1.29, 1.82) is 0 Å². The van der Waals surface area contributed by atoms with Crippen LogP contribution in [-0.2, 0) is 19.6 Å². The number of aromatic nitrogens is 1. The van der Waals surface area contributed by atoms with Gasteiger partial charge in [0.15, 0.2) is 0 Å². The number of nitrogens with one attached hydrogen (secondary N) is 2. The summed E-state index contributed by atoms with van der Waals surface area (Å²) in [4.78, 5) is 27.3. The maximum atomic E-state index is 12.3. The van der Waals surface area contributed by atoms with Gasteiger partial charge in [-0.15, -0.1) is 0 Å². The van der Waals surface area contributed by atoms with Crippen LogP contribution >= 0.6 is 0 Å². The van der Waals surface area contributed by atoms with E-state index in [-0.39, 0.29) is 11.0 Å². The number of amides is 2. The molecule has 0 bridgehead atoms. The molecule has 0 saturated carbocycles. The first-order valence-electron chi connectivity index (χ1n) is 8.99. The van der Waals surface area contributed by atoms with E-state index in [1.54, 1.807) is 12.1 Å². The van der Waals surface area contributed by atoms with Crippen LogP contribution in [0, 0.1) is 0 Å². The number of carbonyl (C=O) groups excluding carboxylic acids is 2. The van der Waals surface area contributed by atoms with Crippen LogP contribution < -0.4 is 14.8 Å². The highest BCUT2D eigenvalue weighted by molar-refractivity contribution is 7.90. The molecular formula is C19H21N3O6S. The first-order valence-corrected chi connectivity index (χ1v) is 10.5. The summed E-state index contributed by atoms with van der Waals surface area (Å²) < 4.78 is 36.7. The molecule has 9 nitrogen and oxygen atoms in total. The van der Waals surface area contributed by atoms with Gasteiger partial charge < -0.3 is 14.8 Å². The summed E-state index contributed by atoms with van der Waals surface area (Å²) in [6, 6.07) is 8.64. The number of anilines is 1. The Bertz CT molecular complexity index is 968. The van der Waals surface area contributed by atoms with Gasteiger partial charge in [-0.1, -0.05) is 0 Å². The van der Waals surface area contributed by atoms with Crippen LogP contribution in [0.5, 0.6) is 5.88 Å². The summed E-state index contributed by atoms with van der Waals surface area (Å²) in [5.41, 5.74) is 0.722. The van der Waals surface area contributed by atoms with Crippen molar-refractivity contribution in [3.8, 4) is 5.88 Å². The van der Waals surface area contributed by atoms with E-state index >= 15 is 0 Å². The molecule has 0 radical (unpaired) electrons. The Morgan fingerprint density at radius 3 is 2.55 bits per heavy atom. The second-order valence-electron chi connectivity index (χ2n) is 6.47. The predicted octanol–water partition coefficient (Wildman–Crippen LogP) is 1.72. The van der Waals surface area contributed by atoms with E-state index in [1.807, 2.05) is 4.72 Å². The van der Waals surface area contributed by atoms with Gasteiger partial charge in [-0.25, -0.2) is 18.1 Å². The van der Waals surface area contributed by atoms with Crippen molar-refractivity contribution in [1.82, 2.24) is 9.71 Å². The Kier molecular flexibility index (Phi) is 6.45. The molecule has 0 unspecified atom stereocenters. The molecule has 2 amide bonds. The largest absolute Gasteiger partial charge is 0.475 e. The lowest BCUT2D eigenvalue weighted by Gasteiger charge is -2.11. The molecular weight excluding hydrogens is 398 g/mol.